The van der Waals surface area contributed by atoms with Crippen molar-refractivity contribution in [3.8, 4) is 0 Å². The van der Waals surface area contributed by atoms with Crippen molar-refractivity contribution in [3.63, 3.8) is 0 Å². The fraction of sp³-hybridized carbons (Fsp3) is 1.00. The number of rotatable bonds is 0. The third-order valence-corrected chi connectivity index (χ3v) is 3.37. The second-order valence-corrected chi connectivity index (χ2v) is 5.05. The van der Waals surface area contributed by atoms with E-state index in [0.29, 0.717) is 4.32 Å². The van der Waals surface area contributed by atoms with Crippen LogP contribution in [0.4, 0.5) is 0 Å². The van der Waals surface area contributed by atoms with Crippen molar-refractivity contribution < 1.29 is 0 Å². The van der Waals surface area contributed by atoms with Gasteiger partial charge in [-0.1, -0.05) is 15.9 Å². The molecule has 0 unspecified atom stereocenters. The molecule has 3 aliphatic carbocycles. The Morgan fingerprint density at radius 2 is 1.78 bits per heavy atom. The van der Waals surface area contributed by atoms with Crippen LogP contribution in [-0.4, -0.2) is 9.86 Å². The first-order valence-electron chi connectivity index (χ1n) is 3.10. The van der Waals surface area contributed by atoms with E-state index in [4.69, 9.17) is 5.73 Å². The lowest BCUT2D eigenvalue weighted by molar-refractivity contribution is 0.283. The molecule has 0 atom stereocenters. The van der Waals surface area contributed by atoms with Gasteiger partial charge in [0.1, 0.15) is 0 Å². The average molecular weight is 213 g/mol. The number of hydrogen-bond donors (Lipinski definition) is 1. The predicted molar refractivity (Wildman–Crippen MR) is 44.3 cm³/mol. The molecule has 3 rings (SSSR count). The molecule has 0 spiro atoms. The summed E-state index contributed by atoms with van der Waals surface area (Å²) in [7, 11) is 0. The standard InChI is InChI=1S/C6H10BrN.ClH/c7-5-1-2-6(8,3-5)4-5;/h1-4,8H2;1H. The summed E-state index contributed by atoms with van der Waals surface area (Å²) in [5, 5.41) is 0. The topological polar surface area (TPSA) is 26.0 Å². The van der Waals surface area contributed by atoms with Crippen LogP contribution in [0.1, 0.15) is 25.7 Å². The third-order valence-electron chi connectivity index (χ3n) is 2.41. The first-order valence-corrected chi connectivity index (χ1v) is 3.89. The van der Waals surface area contributed by atoms with Gasteiger partial charge in [-0.2, -0.15) is 0 Å². The van der Waals surface area contributed by atoms with Gasteiger partial charge in [0, 0.05) is 9.86 Å². The Labute approximate surface area is 69.9 Å². The van der Waals surface area contributed by atoms with Gasteiger partial charge in [-0.25, -0.2) is 0 Å². The lowest BCUT2D eigenvalue weighted by Gasteiger charge is -2.40. The van der Waals surface area contributed by atoms with Crippen molar-refractivity contribution in [1.29, 1.82) is 0 Å². The summed E-state index contributed by atoms with van der Waals surface area (Å²) in [6.07, 6.45) is 4.95. The van der Waals surface area contributed by atoms with Crippen molar-refractivity contribution in [2.75, 3.05) is 0 Å². The Bertz CT molecular complexity index is 117. The highest BCUT2D eigenvalue weighted by Gasteiger charge is 2.57. The van der Waals surface area contributed by atoms with Crippen molar-refractivity contribution >= 4 is 28.3 Å². The quantitative estimate of drug-likeness (QED) is 0.609. The third kappa shape index (κ3) is 1.02. The molecule has 3 aliphatic rings. The summed E-state index contributed by atoms with van der Waals surface area (Å²) in [5.74, 6) is 0. The normalized spacial score (nSPS) is 54.0. The molecule has 0 aromatic carbocycles. The van der Waals surface area contributed by atoms with E-state index in [-0.39, 0.29) is 17.9 Å². The molecule has 0 saturated heterocycles. The molecule has 2 bridgehead atoms. The van der Waals surface area contributed by atoms with Crippen LogP contribution >= 0.6 is 28.3 Å². The zero-order chi connectivity index (χ0) is 5.83. The average Bonchev–Trinajstić information content (AvgIpc) is 1.88. The highest BCUT2D eigenvalue weighted by atomic mass is 79.9. The zero-order valence-corrected chi connectivity index (χ0v) is 7.59. The number of halogens is 2. The van der Waals surface area contributed by atoms with Gasteiger partial charge in [0.15, 0.2) is 0 Å². The smallest absolute Gasteiger partial charge is 0.0293 e. The lowest BCUT2D eigenvalue weighted by atomic mass is 9.78. The van der Waals surface area contributed by atoms with Crippen LogP contribution in [0.15, 0.2) is 0 Å². The lowest BCUT2D eigenvalue weighted by Crippen LogP contribution is -2.50. The van der Waals surface area contributed by atoms with E-state index in [9.17, 15) is 0 Å². The molecular formula is C6H11BrClN. The summed E-state index contributed by atoms with van der Waals surface area (Å²) >= 11 is 3.66. The number of nitrogens with two attached hydrogens (primary N) is 1. The van der Waals surface area contributed by atoms with E-state index in [2.05, 4.69) is 15.9 Å². The summed E-state index contributed by atoms with van der Waals surface area (Å²) in [5.41, 5.74) is 6.15. The second kappa shape index (κ2) is 1.86. The van der Waals surface area contributed by atoms with E-state index in [1.54, 1.807) is 0 Å². The molecule has 9 heavy (non-hydrogen) atoms. The van der Waals surface area contributed by atoms with Crippen LogP contribution in [-0.2, 0) is 0 Å². The molecule has 0 aromatic heterocycles. The van der Waals surface area contributed by atoms with Gasteiger partial charge in [0.05, 0.1) is 0 Å². The van der Waals surface area contributed by atoms with Crippen LogP contribution in [0.25, 0.3) is 0 Å². The molecule has 3 heteroatoms. The monoisotopic (exact) mass is 211 g/mol. The van der Waals surface area contributed by atoms with E-state index < -0.39 is 0 Å². The molecule has 0 aromatic rings. The Morgan fingerprint density at radius 1 is 1.22 bits per heavy atom. The number of alkyl halides is 1. The largest absolute Gasteiger partial charge is 0.325 e. The van der Waals surface area contributed by atoms with E-state index in [0.717, 1.165) is 0 Å². The van der Waals surface area contributed by atoms with Gasteiger partial charge < -0.3 is 5.73 Å². The molecule has 0 heterocycles. The molecule has 0 radical (unpaired) electrons. The van der Waals surface area contributed by atoms with E-state index in [1.807, 2.05) is 0 Å². The molecule has 2 N–H and O–H groups in total. The molecule has 0 amide bonds. The van der Waals surface area contributed by atoms with Crippen molar-refractivity contribution in [2.24, 2.45) is 5.73 Å². The minimum Gasteiger partial charge on any atom is -0.325 e. The van der Waals surface area contributed by atoms with Crippen LogP contribution < -0.4 is 5.73 Å². The van der Waals surface area contributed by atoms with Gasteiger partial charge in [-0.15, -0.1) is 12.4 Å². The molecule has 54 valence electrons. The van der Waals surface area contributed by atoms with Crippen LogP contribution in [0.5, 0.6) is 0 Å². The minimum absolute atomic E-state index is 0. The van der Waals surface area contributed by atoms with Gasteiger partial charge in [-0.3, -0.25) is 0 Å². The maximum atomic E-state index is 5.90. The highest BCUT2D eigenvalue weighted by Crippen LogP contribution is 2.58. The minimum atomic E-state index is 0. The molecule has 3 saturated carbocycles. The first-order chi connectivity index (χ1) is 3.62. The Hall–Kier alpha value is 0.730. The highest BCUT2D eigenvalue weighted by molar-refractivity contribution is 9.10. The second-order valence-electron chi connectivity index (χ2n) is 3.37. The maximum Gasteiger partial charge on any atom is 0.0293 e. The number of hydrogen-bond acceptors (Lipinski definition) is 1. The molecule has 1 nitrogen and oxygen atoms in total. The Kier molecular flexibility index (Phi) is 1.62. The van der Waals surface area contributed by atoms with E-state index >= 15 is 0 Å². The first kappa shape index (κ1) is 7.83. The van der Waals surface area contributed by atoms with Gasteiger partial charge in [-0.05, 0) is 25.7 Å². The molecular weight excluding hydrogens is 201 g/mol. The molecule has 3 fully saturated rings. The van der Waals surface area contributed by atoms with Gasteiger partial charge >= 0.3 is 0 Å². The molecule has 0 aliphatic heterocycles. The Morgan fingerprint density at radius 3 is 1.89 bits per heavy atom. The van der Waals surface area contributed by atoms with Crippen molar-refractivity contribution in [2.45, 2.75) is 35.5 Å². The predicted octanol–water partition coefficient (Wildman–Crippen LogP) is 1.83. The van der Waals surface area contributed by atoms with Crippen molar-refractivity contribution in [1.82, 2.24) is 0 Å². The summed E-state index contributed by atoms with van der Waals surface area (Å²) in [6, 6.07) is 0. The van der Waals surface area contributed by atoms with Crippen molar-refractivity contribution in [3.05, 3.63) is 0 Å². The van der Waals surface area contributed by atoms with E-state index in [1.165, 1.54) is 25.7 Å². The van der Waals surface area contributed by atoms with Gasteiger partial charge in [0.2, 0.25) is 0 Å². The fourth-order valence-corrected chi connectivity index (χ4v) is 3.35. The summed E-state index contributed by atoms with van der Waals surface area (Å²) in [6.45, 7) is 0. The Balaban J connectivity index is 0.000000405. The van der Waals surface area contributed by atoms with Crippen LogP contribution in [0.2, 0.25) is 0 Å². The summed E-state index contributed by atoms with van der Waals surface area (Å²) < 4.78 is 0.488. The van der Waals surface area contributed by atoms with Gasteiger partial charge in [0.25, 0.3) is 0 Å². The van der Waals surface area contributed by atoms with Crippen LogP contribution in [0.3, 0.4) is 0 Å². The van der Waals surface area contributed by atoms with Crippen LogP contribution in [0, 0.1) is 0 Å². The fourth-order valence-electron chi connectivity index (χ4n) is 2.04. The zero-order valence-electron chi connectivity index (χ0n) is 5.19. The SMILES string of the molecule is Cl.NC12CCC(Br)(C1)C2. The summed E-state index contributed by atoms with van der Waals surface area (Å²) in [4.78, 5) is 0. The number of fused-ring (bicyclic) bond motifs is 1. The maximum absolute atomic E-state index is 5.90.